The van der Waals surface area contributed by atoms with Gasteiger partial charge in [-0.1, -0.05) is 36.4 Å². The van der Waals surface area contributed by atoms with Crippen molar-refractivity contribution in [1.29, 1.82) is 0 Å². The van der Waals surface area contributed by atoms with Crippen LogP contribution in [-0.2, 0) is 8.85 Å². The number of rotatable bonds is 6. The van der Waals surface area contributed by atoms with E-state index in [9.17, 15) is 0 Å². The summed E-state index contributed by atoms with van der Waals surface area (Å²) in [7, 11) is -2.29. The second-order valence-electron chi connectivity index (χ2n) is 7.09. The van der Waals surface area contributed by atoms with Crippen molar-refractivity contribution in [3.63, 3.8) is 0 Å². The van der Waals surface area contributed by atoms with Crippen molar-refractivity contribution in [3.8, 4) is 0 Å². The van der Waals surface area contributed by atoms with Crippen LogP contribution in [0.2, 0.25) is 39.3 Å². The van der Waals surface area contributed by atoms with E-state index in [0.717, 1.165) is 10.2 Å². The third kappa shape index (κ3) is 7.35. The van der Waals surface area contributed by atoms with Crippen molar-refractivity contribution in [2.75, 3.05) is 0 Å². The molecule has 0 amide bonds. The predicted octanol–water partition coefficient (Wildman–Crippen LogP) is 3.42. The molecule has 0 radical (unpaired) electrons. The van der Waals surface area contributed by atoms with Gasteiger partial charge < -0.3 is 8.85 Å². The maximum Gasteiger partial charge on any atom is 0.187 e. The van der Waals surface area contributed by atoms with Crippen molar-refractivity contribution in [2.24, 2.45) is 0 Å². The Kier molecular flexibility index (Phi) is 6.15. The van der Waals surface area contributed by atoms with Crippen LogP contribution in [0.25, 0.3) is 6.08 Å². The first kappa shape index (κ1) is 17.6. The van der Waals surface area contributed by atoms with Gasteiger partial charge >= 0.3 is 0 Å². The van der Waals surface area contributed by atoms with Crippen molar-refractivity contribution >= 4 is 33.0 Å². The van der Waals surface area contributed by atoms with Crippen LogP contribution in [0.5, 0.6) is 0 Å². The average molecular weight is 325 g/mol. The third-order valence-electron chi connectivity index (χ3n) is 2.49. The van der Waals surface area contributed by atoms with Crippen molar-refractivity contribution in [1.82, 2.24) is 0 Å². The highest BCUT2D eigenvalue weighted by atomic mass is 28.4. The maximum atomic E-state index is 6.27. The van der Waals surface area contributed by atoms with Crippen LogP contribution in [0.4, 0.5) is 0 Å². The lowest BCUT2D eigenvalue weighted by atomic mass is 10.2. The molecule has 0 fully saturated rings. The monoisotopic (exact) mass is 324 g/mol. The van der Waals surface area contributed by atoms with Gasteiger partial charge in [-0.15, -0.1) is 0 Å². The molecule has 0 atom stereocenters. The van der Waals surface area contributed by atoms with Crippen LogP contribution in [-0.4, -0.2) is 33.2 Å². The molecule has 112 valence electrons. The molecule has 20 heavy (non-hydrogen) atoms. The fraction of sp³-hybridized carbons (Fsp3) is 0.467. The molecule has 0 aromatic heterocycles. The quantitative estimate of drug-likeness (QED) is 0.589. The third-order valence-corrected chi connectivity index (χ3v) is 5.09. The molecular formula is C15H28O2Si3. The molecule has 1 rings (SSSR count). The fourth-order valence-electron chi connectivity index (χ4n) is 1.73. The standard InChI is InChI=1S/C15H28O2Si3/c1-19(2,3)16-15(17-20(4,5)6)14(18)12-13-10-8-7-9-11-13/h7-12,15H,1-6,18H3. The van der Waals surface area contributed by atoms with Gasteiger partial charge in [0.15, 0.2) is 22.9 Å². The molecule has 0 unspecified atom stereocenters. The molecule has 0 saturated carbocycles. The highest BCUT2D eigenvalue weighted by Gasteiger charge is 2.27. The Hall–Kier alpha value is -0.469. The molecule has 1 aromatic rings. The molecule has 0 bridgehead atoms. The first-order valence-electron chi connectivity index (χ1n) is 7.16. The summed E-state index contributed by atoms with van der Waals surface area (Å²) < 4.78 is 12.5. The number of benzene rings is 1. The van der Waals surface area contributed by atoms with E-state index < -0.39 is 16.6 Å². The summed E-state index contributed by atoms with van der Waals surface area (Å²) in [6.07, 6.45) is 2.07. The molecule has 0 N–H and O–H groups in total. The molecule has 1 aromatic carbocycles. The Balaban J connectivity index is 2.94. The van der Waals surface area contributed by atoms with Gasteiger partial charge in [-0.05, 0) is 50.0 Å². The molecule has 0 saturated heterocycles. The number of hydrogen-bond acceptors (Lipinski definition) is 2. The molecule has 5 heteroatoms. The highest BCUT2D eigenvalue weighted by Crippen LogP contribution is 2.20. The first-order chi connectivity index (χ1) is 9.07. The van der Waals surface area contributed by atoms with Crippen molar-refractivity contribution < 1.29 is 8.85 Å². The van der Waals surface area contributed by atoms with Gasteiger partial charge in [0.05, 0.1) is 0 Å². The van der Waals surface area contributed by atoms with Crippen molar-refractivity contribution in [3.05, 3.63) is 41.1 Å². The largest absolute Gasteiger partial charge is 0.391 e. The molecule has 0 aliphatic rings. The minimum absolute atomic E-state index is 0.153. The zero-order valence-corrected chi connectivity index (χ0v) is 17.9. The second-order valence-corrected chi connectivity index (χ2v) is 17.2. The van der Waals surface area contributed by atoms with E-state index in [1.54, 1.807) is 0 Å². The van der Waals surface area contributed by atoms with Crippen LogP contribution in [0.1, 0.15) is 5.56 Å². The second kappa shape index (κ2) is 7.00. The highest BCUT2D eigenvalue weighted by molar-refractivity contribution is 6.71. The Morgan fingerprint density at radius 3 is 1.80 bits per heavy atom. The summed E-state index contributed by atoms with van der Waals surface area (Å²) in [6.45, 7) is 13.3. The lowest BCUT2D eigenvalue weighted by molar-refractivity contribution is 0.0310. The van der Waals surface area contributed by atoms with E-state index in [-0.39, 0.29) is 6.29 Å². The number of hydrogen-bond donors (Lipinski definition) is 0. The smallest absolute Gasteiger partial charge is 0.187 e. The summed E-state index contributed by atoms with van der Waals surface area (Å²) in [5.41, 5.74) is 1.22. The Bertz CT molecular complexity index is 428. The molecule has 2 nitrogen and oxygen atoms in total. The van der Waals surface area contributed by atoms with Crippen molar-refractivity contribution in [2.45, 2.75) is 45.6 Å². The Labute approximate surface area is 128 Å². The van der Waals surface area contributed by atoms with E-state index in [1.165, 1.54) is 10.8 Å². The summed E-state index contributed by atoms with van der Waals surface area (Å²) >= 11 is 0. The van der Waals surface area contributed by atoms with E-state index in [4.69, 9.17) is 8.85 Å². The molecule has 0 heterocycles. The molecule has 0 aliphatic carbocycles. The zero-order valence-electron chi connectivity index (χ0n) is 13.9. The van der Waals surface area contributed by atoms with E-state index in [0.29, 0.717) is 0 Å². The van der Waals surface area contributed by atoms with Crippen LogP contribution in [0.15, 0.2) is 35.5 Å². The van der Waals surface area contributed by atoms with Gasteiger partial charge in [-0.3, -0.25) is 0 Å². The minimum Gasteiger partial charge on any atom is -0.391 e. The summed E-state index contributed by atoms with van der Waals surface area (Å²) in [5.74, 6) is 0. The van der Waals surface area contributed by atoms with Gasteiger partial charge in [0, 0.05) is 10.2 Å². The van der Waals surface area contributed by atoms with Crippen LogP contribution in [0, 0.1) is 0 Å². The minimum atomic E-state index is -1.62. The van der Waals surface area contributed by atoms with Gasteiger partial charge in [0.25, 0.3) is 0 Å². The van der Waals surface area contributed by atoms with E-state index in [2.05, 4.69) is 69.6 Å². The predicted molar refractivity (Wildman–Crippen MR) is 97.0 cm³/mol. The SMILES string of the molecule is C[Si](C)(C)OC(O[Si](C)(C)C)C([SiH3])=Cc1ccccc1. The van der Waals surface area contributed by atoms with Crippen LogP contribution >= 0.6 is 0 Å². The maximum absolute atomic E-state index is 6.27. The summed E-state index contributed by atoms with van der Waals surface area (Å²) in [6, 6.07) is 10.4. The fourth-order valence-corrected chi connectivity index (χ4v) is 4.62. The molecule has 0 spiro atoms. The van der Waals surface area contributed by atoms with E-state index >= 15 is 0 Å². The van der Waals surface area contributed by atoms with Gasteiger partial charge in [0.1, 0.15) is 0 Å². The lowest BCUT2D eigenvalue weighted by Gasteiger charge is -2.32. The zero-order chi connectivity index (χ0) is 15.4. The topological polar surface area (TPSA) is 18.5 Å². The summed E-state index contributed by atoms with van der Waals surface area (Å²) in [4.78, 5) is 0. The average Bonchev–Trinajstić information content (AvgIpc) is 2.25. The van der Waals surface area contributed by atoms with Gasteiger partial charge in [0.2, 0.25) is 0 Å². The van der Waals surface area contributed by atoms with Gasteiger partial charge in [-0.2, -0.15) is 0 Å². The molecule has 0 aliphatic heterocycles. The Morgan fingerprint density at radius 2 is 1.40 bits per heavy atom. The Morgan fingerprint density at radius 1 is 0.950 bits per heavy atom. The molecular weight excluding hydrogens is 296 g/mol. The van der Waals surface area contributed by atoms with Gasteiger partial charge in [-0.25, -0.2) is 0 Å². The van der Waals surface area contributed by atoms with Crippen LogP contribution in [0.3, 0.4) is 0 Å². The van der Waals surface area contributed by atoms with Crippen LogP contribution < -0.4 is 0 Å². The normalized spacial score (nSPS) is 14.1. The summed E-state index contributed by atoms with van der Waals surface area (Å²) in [5, 5.41) is 1.28. The van der Waals surface area contributed by atoms with E-state index in [1.807, 2.05) is 6.07 Å². The first-order valence-corrected chi connectivity index (χ1v) is 15.0. The lowest BCUT2D eigenvalue weighted by Crippen LogP contribution is -2.41.